The van der Waals surface area contributed by atoms with Crippen LogP contribution in [0.2, 0.25) is 0 Å². The molecule has 0 bridgehead atoms. The van der Waals surface area contributed by atoms with E-state index < -0.39 is 0 Å². The van der Waals surface area contributed by atoms with Crippen LogP contribution in [0.15, 0.2) is 30.3 Å². The monoisotopic (exact) mass is 328 g/mol. The first kappa shape index (κ1) is 18.0. The lowest BCUT2D eigenvalue weighted by atomic mass is 10.1. The molecule has 2 N–H and O–H groups in total. The number of benzene rings is 1. The fourth-order valence-electron chi connectivity index (χ4n) is 2.18. The fourth-order valence-corrected chi connectivity index (χ4v) is 2.99. The number of halogens is 1. The van der Waals surface area contributed by atoms with Gasteiger partial charge in [-0.25, -0.2) is 0 Å². The molecule has 4 nitrogen and oxygen atoms in total. The molecule has 1 aromatic rings. The topological polar surface area (TPSA) is 63.4 Å². The lowest BCUT2D eigenvalue weighted by Crippen LogP contribution is -2.43. The average Bonchev–Trinajstić information content (AvgIpc) is 2.48. The van der Waals surface area contributed by atoms with E-state index in [9.17, 15) is 9.59 Å². The molecule has 21 heavy (non-hydrogen) atoms. The van der Waals surface area contributed by atoms with Gasteiger partial charge in [0.1, 0.15) is 0 Å². The van der Waals surface area contributed by atoms with Crippen molar-refractivity contribution >= 4 is 35.9 Å². The first-order valence-electron chi connectivity index (χ1n) is 6.86. The molecule has 0 radical (unpaired) electrons. The molecular weight excluding hydrogens is 308 g/mol. The summed E-state index contributed by atoms with van der Waals surface area (Å²) >= 11 is 1.39. The summed E-state index contributed by atoms with van der Waals surface area (Å²) < 4.78 is 0. The number of thioether (sulfide) groups is 1. The van der Waals surface area contributed by atoms with Crippen molar-refractivity contribution in [2.24, 2.45) is 5.73 Å². The van der Waals surface area contributed by atoms with E-state index in [-0.39, 0.29) is 30.1 Å². The van der Waals surface area contributed by atoms with Crippen molar-refractivity contribution in [1.82, 2.24) is 4.90 Å². The van der Waals surface area contributed by atoms with Gasteiger partial charge in [-0.1, -0.05) is 30.3 Å². The summed E-state index contributed by atoms with van der Waals surface area (Å²) in [5.41, 5.74) is 6.52. The van der Waals surface area contributed by atoms with Crippen LogP contribution in [0.25, 0.3) is 0 Å². The van der Waals surface area contributed by atoms with Crippen LogP contribution in [0.4, 0.5) is 0 Å². The predicted molar refractivity (Wildman–Crippen MR) is 89.1 cm³/mol. The molecule has 1 saturated heterocycles. The Morgan fingerprint density at radius 1 is 1.14 bits per heavy atom. The van der Waals surface area contributed by atoms with Crippen molar-refractivity contribution in [3.8, 4) is 0 Å². The first-order chi connectivity index (χ1) is 9.66. The summed E-state index contributed by atoms with van der Waals surface area (Å²) in [5, 5.41) is 0. The smallest absolute Gasteiger partial charge is 0.232 e. The lowest BCUT2D eigenvalue weighted by Gasteiger charge is -2.30. The highest BCUT2D eigenvalue weighted by molar-refractivity contribution is 8.00. The third-order valence-corrected chi connectivity index (χ3v) is 4.36. The summed E-state index contributed by atoms with van der Waals surface area (Å²) in [6.45, 7) is 1.49. The van der Waals surface area contributed by atoms with E-state index in [0.29, 0.717) is 17.1 Å². The van der Waals surface area contributed by atoms with Gasteiger partial charge in [0.25, 0.3) is 0 Å². The number of carbonyl (C=O) groups excluding carboxylic acids is 2. The Morgan fingerprint density at radius 3 is 2.38 bits per heavy atom. The summed E-state index contributed by atoms with van der Waals surface area (Å²) in [4.78, 5) is 25.7. The van der Waals surface area contributed by atoms with E-state index in [1.807, 2.05) is 23.1 Å². The summed E-state index contributed by atoms with van der Waals surface area (Å²) in [6.07, 6.45) is 1.75. The maximum atomic E-state index is 12.0. The number of amides is 1. The second kappa shape index (κ2) is 9.07. The molecule has 0 unspecified atom stereocenters. The predicted octanol–water partition coefficient (Wildman–Crippen LogP) is 1.97. The molecule has 1 fully saturated rings. The normalized spacial score (nSPS) is 15.4. The van der Waals surface area contributed by atoms with E-state index in [2.05, 4.69) is 0 Å². The molecule has 6 heteroatoms. The second-order valence-electron chi connectivity index (χ2n) is 5.00. The number of carbonyl (C=O) groups is 2. The Bertz CT molecular complexity index is 462. The number of hydrogen-bond donors (Lipinski definition) is 1. The van der Waals surface area contributed by atoms with Gasteiger partial charge in [0.05, 0.1) is 11.5 Å². The Morgan fingerprint density at radius 2 is 1.76 bits per heavy atom. The molecule has 1 aromatic carbocycles. The molecule has 0 atom stereocenters. The van der Waals surface area contributed by atoms with Crippen molar-refractivity contribution in [1.29, 1.82) is 0 Å². The van der Waals surface area contributed by atoms with E-state index in [4.69, 9.17) is 5.73 Å². The Balaban J connectivity index is 0.00000220. The van der Waals surface area contributed by atoms with Crippen molar-refractivity contribution in [3.63, 3.8) is 0 Å². The van der Waals surface area contributed by atoms with Crippen LogP contribution in [0, 0.1) is 0 Å². The standard InChI is InChI=1S/C15H20N2O2S.ClH/c16-13-6-8-17(9-7-13)15(19)11-20-10-14(18)12-4-2-1-3-5-12;/h1-5,13H,6-11,16H2;1H. The van der Waals surface area contributed by atoms with Gasteiger partial charge in [-0.05, 0) is 12.8 Å². The third-order valence-electron chi connectivity index (χ3n) is 3.45. The van der Waals surface area contributed by atoms with Crippen LogP contribution in [-0.2, 0) is 4.79 Å². The Labute approximate surface area is 135 Å². The van der Waals surface area contributed by atoms with Crippen LogP contribution < -0.4 is 5.73 Å². The molecule has 1 aliphatic rings. The van der Waals surface area contributed by atoms with Gasteiger partial charge in [0.2, 0.25) is 5.91 Å². The van der Waals surface area contributed by atoms with Gasteiger partial charge >= 0.3 is 0 Å². The van der Waals surface area contributed by atoms with Gasteiger partial charge in [-0.2, -0.15) is 0 Å². The van der Waals surface area contributed by atoms with E-state index >= 15 is 0 Å². The van der Waals surface area contributed by atoms with Crippen molar-refractivity contribution in [2.75, 3.05) is 24.6 Å². The number of nitrogens with two attached hydrogens (primary N) is 1. The van der Waals surface area contributed by atoms with Crippen molar-refractivity contribution in [3.05, 3.63) is 35.9 Å². The quantitative estimate of drug-likeness (QED) is 0.839. The molecule has 0 aliphatic carbocycles. The maximum Gasteiger partial charge on any atom is 0.232 e. The number of Topliss-reactive ketones (excluding diaryl/α,β-unsaturated/α-hetero) is 1. The van der Waals surface area contributed by atoms with E-state index in [1.165, 1.54) is 11.8 Å². The summed E-state index contributed by atoms with van der Waals surface area (Å²) in [6, 6.07) is 9.41. The lowest BCUT2D eigenvalue weighted by molar-refractivity contribution is -0.129. The number of nitrogens with zero attached hydrogens (tertiary/aromatic N) is 1. The maximum absolute atomic E-state index is 12.0. The van der Waals surface area contributed by atoms with Gasteiger partial charge < -0.3 is 10.6 Å². The molecule has 0 spiro atoms. The van der Waals surface area contributed by atoms with Crippen molar-refractivity contribution < 1.29 is 9.59 Å². The van der Waals surface area contributed by atoms with E-state index in [0.717, 1.165) is 25.9 Å². The van der Waals surface area contributed by atoms with Crippen LogP contribution in [0.1, 0.15) is 23.2 Å². The second-order valence-corrected chi connectivity index (χ2v) is 5.99. The van der Waals surface area contributed by atoms with E-state index in [1.54, 1.807) is 12.1 Å². The fraction of sp³-hybridized carbons (Fsp3) is 0.467. The first-order valence-corrected chi connectivity index (χ1v) is 8.01. The zero-order valence-corrected chi connectivity index (χ0v) is 13.5. The highest BCUT2D eigenvalue weighted by atomic mass is 35.5. The van der Waals surface area contributed by atoms with Gasteiger partial charge in [-0.3, -0.25) is 9.59 Å². The minimum absolute atomic E-state index is 0. The average molecular weight is 329 g/mol. The minimum atomic E-state index is 0. The van der Waals surface area contributed by atoms with Gasteiger partial charge in [0.15, 0.2) is 5.78 Å². The third kappa shape index (κ3) is 5.69. The zero-order valence-electron chi connectivity index (χ0n) is 11.9. The molecule has 0 aromatic heterocycles. The Hall–Kier alpha value is -1.04. The highest BCUT2D eigenvalue weighted by Gasteiger charge is 2.20. The molecule has 1 amide bonds. The molecule has 1 heterocycles. The summed E-state index contributed by atoms with van der Waals surface area (Å²) in [7, 11) is 0. The molecule has 2 rings (SSSR count). The summed E-state index contributed by atoms with van der Waals surface area (Å²) in [5.74, 6) is 0.906. The highest BCUT2D eigenvalue weighted by Crippen LogP contribution is 2.12. The minimum Gasteiger partial charge on any atom is -0.342 e. The molecular formula is C15H21ClN2O2S. The van der Waals surface area contributed by atoms with Crippen LogP contribution in [0.3, 0.4) is 0 Å². The number of rotatable bonds is 5. The van der Waals surface area contributed by atoms with Crippen molar-refractivity contribution in [2.45, 2.75) is 18.9 Å². The van der Waals surface area contributed by atoms with Gasteiger partial charge in [0, 0.05) is 24.7 Å². The number of piperidine rings is 1. The number of ketones is 1. The molecule has 0 saturated carbocycles. The van der Waals surface area contributed by atoms with Crippen LogP contribution >= 0.6 is 24.2 Å². The molecule has 1 aliphatic heterocycles. The zero-order chi connectivity index (χ0) is 14.4. The Kier molecular flexibility index (Phi) is 7.78. The SMILES string of the molecule is Cl.NC1CCN(C(=O)CSCC(=O)c2ccccc2)CC1. The largest absolute Gasteiger partial charge is 0.342 e. The molecule has 116 valence electrons. The number of hydrogen-bond acceptors (Lipinski definition) is 4. The van der Waals surface area contributed by atoms with Gasteiger partial charge in [-0.15, -0.1) is 24.2 Å². The van der Waals surface area contributed by atoms with Crippen LogP contribution in [-0.4, -0.2) is 47.2 Å². The number of likely N-dealkylation sites (tertiary alicyclic amines) is 1. The van der Waals surface area contributed by atoms with Crippen LogP contribution in [0.5, 0.6) is 0 Å².